The van der Waals surface area contributed by atoms with Crippen LogP contribution in [0.3, 0.4) is 0 Å². The van der Waals surface area contributed by atoms with E-state index in [0.717, 1.165) is 11.3 Å². The highest BCUT2D eigenvalue weighted by Gasteiger charge is 2.15. The molecule has 0 amide bonds. The molecule has 128 valence electrons. The predicted octanol–water partition coefficient (Wildman–Crippen LogP) is 4.39. The van der Waals surface area contributed by atoms with E-state index in [9.17, 15) is 4.79 Å². The van der Waals surface area contributed by atoms with Gasteiger partial charge in [0.15, 0.2) is 5.75 Å². The average Bonchev–Trinajstić information content (AvgIpc) is 2.91. The van der Waals surface area contributed by atoms with Crippen LogP contribution in [-0.4, -0.2) is 30.9 Å². The topological polar surface area (TPSA) is 72.8 Å². The van der Waals surface area contributed by atoms with Crippen LogP contribution in [0.2, 0.25) is 10.0 Å². The van der Waals surface area contributed by atoms with E-state index in [1.165, 1.54) is 7.11 Å². The second-order valence-electron chi connectivity index (χ2n) is 4.54. The maximum Gasteiger partial charge on any atom is 0.350 e. The lowest BCUT2D eigenvalue weighted by atomic mass is 10.2. The number of nitrogens with zero attached hydrogens (tertiary/aromatic N) is 2. The number of benzene rings is 1. The molecule has 0 bridgehead atoms. The molecule has 6 nitrogen and oxygen atoms in total. The number of ether oxygens (including phenoxy) is 2. The number of aromatic nitrogens is 1. The molecule has 0 aliphatic carbocycles. The van der Waals surface area contributed by atoms with Gasteiger partial charge in [-0.2, -0.15) is 5.10 Å². The molecule has 1 N–H and O–H groups in total. The Bertz CT molecular complexity index is 754. The van der Waals surface area contributed by atoms with Gasteiger partial charge in [-0.3, -0.25) is 5.43 Å². The Balaban J connectivity index is 2.11. The van der Waals surface area contributed by atoms with Crippen molar-refractivity contribution in [3.05, 3.63) is 38.3 Å². The van der Waals surface area contributed by atoms with E-state index < -0.39 is 5.97 Å². The van der Waals surface area contributed by atoms with Crippen LogP contribution in [0.1, 0.15) is 27.9 Å². The fourth-order valence-corrected chi connectivity index (χ4v) is 3.27. The summed E-state index contributed by atoms with van der Waals surface area (Å²) in [5.74, 6) is 0.0244. The summed E-state index contributed by atoms with van der Waals surface area (Å²) in [7, 11) is 1.33. The summed E-state index contributed by atoms with van der Waals surface area (Å²) >= 11 is 13.4. The van der Waals surface area contributed by atoms with Crippen LogP contribution < -0.4 is 10.2 Å². The van der Waals surface area contributed by atoms with Crippen LogP contribution in [-0.2, 0) is 4.74 Å². The third-order valence-corrected chi connectivity index (χ3v) is 4.45. The normalized spacial score (nSPS) is 10.9. The standard InChI is InChI=1S/C15H15Cl2N3O3S/c1-4-23-12-10(16)5-9(6-11(12)17)7-18-20-15-19-8(2)13(24-15)14(21)22-3/h5-7H,4H2,1-3H3,(H,19,20)/b18-7-. The molecule has 0 saturated carbocycles. The number of carbonyl (C=O) groups excluding carboxylic acids is 1. The van der Waals surface area contributed by atoms with E-state index in [2.05, 4.69) is 20.2 Å². The quantitative estimate of drug-likeness (QED) is 0.451. The molecule has 1 heterocycles. The van der Waals surface area contributed by atoms with Crippen molar-refractivity contribution < 1.29 is 14.3 Å². The van der Waals surface area contributed by atoms with Gasteiger partial charge in [-0.1, -0.05) is 34.5 Å². The second kappa shape index (κ2) is 8.32. The molecule has 1 aromatic heterocycles. The monoisotopic (exact) mass is 387 g/mol. The number of esters is 1. The summed E-state index contributed by atoms with van der Waals surface area (Å²) in [5.41, 5.74) is 4.04. The van der Waals surface area contributed by atoms with Crippen molar-refractivity contribution >= 4 is 51.9 Å². The number of thiazole rings is 1. The van der Waals surface area contributed by atoms with E-state index in [4.69, 9.17) is 27.9 Å². The summed E-state index contributed by atoms with van der Waals surface area (Å²) < 4.78 is 10.1. The number of hydrogen-bond donors (Lipinski definition) is 1. The molecule has 24 heavy (non-hydrogen) atoms. The van der Waals surface area contributed by atoms with Crippen LogP contribution in [0, 0.1) is 6.92 Å². The van der Waals surface area contributed by atoms with Crippen molar-refractivity contribution in [2.45, 2.75) is 13.8 Å². The van der Waals surface area contributed by atoms with Crippen molar-refractivity contribution in [1.82, 2.24) is 4.98 Å². The Morgan fingerprint density at radius 3 is 2.67 bits per heavy atom. The van der Waals surface area contributed by atoms with Crippen LogP contribution in [0.15, 0.2) is 17.2 Å². The van der Waals surface area contributed by atoms with E-state index in [1.54, 1.807) is 25.3 Å². The summed E-state index contributed by atoms with van der Waals surface area (Å²) in [5, 5.41) is 5.36. The number of carbonyl (C=O) groups is 1. The zero-order valence-corrected chi connectivity index (χ0v) is 15.6. The fourth-order valence-electron chi connectivity index (χ4n) is 1.82. The molecule has 0 saturated heterocycles. The lowest BCUT2D eigenvalue weighted by molar-refractivity contribution is 0.0605. The molecule has 0 atom stereocenters. The third-order valence-electron chi connectivity index (χ3n) is 2.85. The molecule has 2 aromatic rings. The van der Waals surface area contributed by atoms with Crippen molar-refractivity contribution in [3.63, 3.8) is 0 Å². The number of anilines is 1. The summed E-state index contributed by atoms with van der Waals surface area (Å²) in [4.78, 5) is 16.2. The number of hydrogen-bond acceptors (Lipinski definition) is 7. The van der Waals surface area contributed by atoms with Crippen molar-refractivity contribution in [2.75, 3.05) is 19.1 Å². The molecule has 0 radical (unpaired) electrons. The molecule has 1 aromatic carbocycles. The van der Waals surface area contributed by atoms with Gasteiger partial charge in [-0.25, -0.2) is 9.78 Å². The average molecular weight is 388 g/mol. The van der Waals surface area contributed by atoms with Crippen LogP contribution in [0.5, 0.6) is 5.75 Å². The highest BCUT2D eigenvalue weighted by molar-refractivity contribution is 7.17. The fraction of sp³-hybridized carbons (Fsp3) is 0.267. The molecule has 2 rings (SSSR count). The maximum absolute atomic E-state index is 11.5. The Morgan fingerprint density at radius 2 is 2.08 bits per heavy atom. The smallest absolute Gasteiger partial charge is 0.350 e. The number of rotatable bonds is 6. The molecular formula is C15H15Cl2N3O3S. The minimum absolute atomic E-state index is 0.406. The zero-order valence-electron chi connectivity index (χ0n) is 13.2. The van der Waals surface area contributed by atoms with Gasteiger partial charge in [0.25, 0.3) is 0 Å². The van der Waals surface area contributed by atoms with E-state index in [-0.39, 0.29) is 0 Å². The van der Waals surface area contributed by atoms with E-state index >= 15 is 0 Å². The van der Waals surface area contributed by atoms with Gasteiger partial charge in [0.2, 0.25) is 5.13 Å². The number of halogens is 2. The molecule has 0 unspecified atom stereocenters. The second-order valence-corrected chi connectivity index (χ2v) is 6.36. The van der Waals surface area contributed by atoms with Gasteiger partial charge < -0.3 is 9.47 Å². The Labute approximate surface area is 153 Å². The summed E-state index contributed by atoms with van der Waals surface area (Å²) in [6.45, 7) is 4.05. The highest BCUT2D eigenvalue weighted by Crippen LogP contribution is 2.33. The van der Waals surface area contributed by atoms with Crippen molar-refractivity contribution in [3.8, 4) is 5.75 Å². The molecule has 0 spiro atoms. The molecule has 0 aliphatic heterocycles. The number of aryl methyl sites for hydroxylation is 1. The third kappa shape index (κ3) is 4.37. The van der Waals surface area contributed by atoms with E-state index in [1.807, 2.05) is 6.92 Å². The lowest BCUT2D eigenvalue weighted by Crippen LogP contribution is -1.99. The predicted molar refractivity (Wildman–Crippen MR) is 97.0 cm³/mol. The largest absolute Gasteiger partial charge is 0.491 e. The van der Waals surface area contributed by atoms with Crippen LogP contribution in [0.25, 0.3) is 0 Å². The van der Waals surface area contributed by atoms with Crippen molar-refractivity contribution in [1.29, 1.82) is 0 Å². The summed E-state index contributed by atoms with van der Waals surface area (Å²) in [6, 6.07) is 3.38. The Morgan fingerprint density at radius 1 is 1.42 bits per heavy atom. The molecular weight excluding hydrogens is 373 g/mol. The number of hydrazone groups is 1. The molecule has 0 fully saturated rings. The van der Waals surface area contributed by atoms with Crippen LogP contribution in [0.4, 0.5) is 5.13 Å². The molecule has 0 aliphatic rings. The number of nitrogens with one attached hydrogen (secondary N) is 1. The highest BCUT2D eigenvalue weighted by atomic mass is 35.5. The minimum atomic E-state index is -0.424. The first-order valence-corrected chi connectivity index (χ1v) is 8.50. The first-order chi connectivity index (χ1) is 11.5. The minimum Gasteiger partial charge on any atom is -0.491 e. The van der Waals surface area contributed by atoms with Gasteiger partial charge in [0, 0.05) is 0 Å². The zero-order chi connectivity index (χ0) is 17.7. The summed E-state index contributed by atoms with van der Waals surface area (Å²) in [6.07, 6.45) is 1.54. The van der Waals surface area contributed by atoms with Crippen LogP contribution >= 0.6 is 34.5 Å². The lowest BCUT2D eigenvalue weighted by Gasteiger charge is -2.08. The van der Waals surface area contributed by atoms with Gasteiger partial charge >= 0.3 is 5.97 Å². The van der Waals surface area contributed by atoms with Gasteiger partial charge in [0.1, 0.15) is 4.88 Å². The number of methoxy groups -OCH3 is 1. The van der Waals surface area contributed by atoms with Gasteiger partial charge in [-0.15, -0.1) is 0 Å². The maximum atomic E-state index is 11.5. The molecule has 9 heteroatoms. The SMILES string of the molecule is CCOc1c(Cl)cc(/C=N\Nc2nc(C)c(C(=O)OC)s2)cc1Cl. The Hall–Kier alpha value is -1.83. The first-order valence-electron chi connectivity index (χ1n) is 6.93. The van der Waals surface area contributed by atoms with Gasteiger partial charge in [0.05, 0.1) is 35.7 Å². The first kappa shape index (κ1) is 18.5. The van der Waals surface area contributed by atoms with E-state index in [0.29, 0.717) is 43.7 Å². The Kier molecular flexibility index (Phi) is 6.42. The van der Waals surface area contributed by atoms with Gasteiger partial charge in [-0.05, 0) is 31.5 Å². The van der Waals surface area contributed by atoms with Crippen molar-refractivity contribution in [2.24, 2.45) is 5.10 Å².